The number of nitrogens with zero attached hydrogens (tertiary/aromatic N) is 1. The zero-order chi connectivity index (χ0) is 13.7. The highest BCUT2D eigenvalue weighted by Crippen LogP contribution is 2.18. The quantitative estimate of drug-likeness (QED) is 0.763. The number of rotatable bonds is 6. The molecule has 0 saturated heterocycles. The monoisotopic (exact) mass is 250 g/mol. The lowest BCUT2D eigenvalue weighted by Crippen LogP contribution is -2.33. The highest BCUT2D eigenvalue weighted by atomic mass is 16.3. The van der Waals surface area contributed by atoms with Crippen LogP contribution in [0.1, 0.15) is 38.9 Å². The highest BCUT2D eigenvalue weighted by Gasteiger charge is 2.15. The summed E-state index contributed by atoms with van der Waals surface area (Å²) in [6, 6.07) is 7.92. The van der Waals surface area contributed by atoms with Crippen molar-refractivity contribution in [3.63, 3.8) is 0 Å². The fourth-order valence-corrected chi connectivity index (χ4v) is 2.14. The smallest absolute Gasteiger partial charge is 0.0916 e. The van der Waals surface area contributed by atoms with Crippen molar-refractivity contribution in [1.29, 1.82) is 0 Å². The van der Waals surface area contributed by atoms with Crippen molar-refractivity contribution in [3.05, 3.63) is 29.8 Å². The van der Waals surface area contributed by atoms with E-state index in [2.05, 4.69) is 32.7 Å². The first-order valence-corrected chi connectivity index (χ1v) is 6.64. The summed E-state index contributed by atoms with van der Waals surface area (Å²) < 4.78 is 0. The molecule has 0 aromatic heterocycles. The van der Waals surface area contributed by atoms with Crippen molar-refractivity contribution in [2.75, 3.05) is 19.3 Å². The lowest BCUT2D eigenvalue weighted by molar-refractivity contribution is 0.102. The summed E-state index contributed by atoms with van der Waals surface area (Å²) in [5.74, 6) is 0.677. The van der Waals surface area contributed by atoms with Crippen LogP contribution in [-0.2, 0) is 0 Å². The molecule has 0 radical (unpaired) electrons. The molecule has 0 aliphatic rings. The first kappa shape index (κ1) is 15.0. The van der Waals surface area contributed by atoms with Crippen LogP contribution in [-0.4, -0.2) is 29.6 Å². The average Bonchev–Trinajstić information content (AvgIpc) is 2.28. The van der Waals surface area contributed by atoms with E-state index >= 15 is 0 Å². The summed E-state index contributed by atoms with van der Waals surface area (Å²) in [5, 5.41) is 10.2. The van der Waals surface area contributed by atoms with E-state index in [1.54, 1.807) is 0 Å². The number of anilines is 1. The molecule has 2 atom stereocenters. The molecule has 3 heteroatoms. The molecule has 0 aliphatic carbocycles. The molecule has 18 heavy (non-hydrogen) atoms. The largest absolute Gasteiger partial charge is 0.399 e. The zero-order valence-corrected chi connectivity index (χ0v) is 11.9. The topological polar surface area (TPSA) is 49.5 Å². The molecular formula is C15H26N2O. The predicted molar refractivity (Wildman–Crippen MR) is 77.4 cm³/mol. The lowest BCUT2D eigenvalue weighted by atomic mass is 10.0. The summed E-state index contributed by atoms with van der Waals surface area (Å²) in [4.78, 5) is 2.21. The molecule has 1 rings (SSSR count). The fraction of sp³-hybridized carbons (Fsp3) is 0.600. The van der Waals surface area contributed by atoms with Gasteiger partial charge >= 0.3 is 0 Å². The molecule has 1 aromatic rings. The van der Waals surface area contributed by atoms with Gasteiger partial charge in [-0.2, -0.15) is 0 Å². The van der Waals surface area contributed by atoms with Crippen molar-refractivity contribution < 1.29 is 5.11 Å². The van der Waals surface area contributed by atoms with Crippen molar-refractivity contribution in [2.24, 2.45) is 5.92 Å². The van der Waals surface area contributed by atoms with Crippen molar-refractivity contribution in [2.45, 2.75) is 39.3 Å². The molecular weight excluding hydrogens is 224 g/mol. The predicted octanol–water partition coefficient (Wildman–Crippen LogP) is 2.67. The minimum Gasteiger partial charge on any atom is -0.399 e. The molecule has 0 saturated carbocycles. The normalized spacial score (nSPS) is 15.1. The number of nitrogens with two attached hydrogens (primary N) is 1. The number of likely N-dealkylation sites (N-methyl/N-ethyl adjacent to an activating group) is 1. The molecule has 2 unspecified atom stereocenters. The van der Waals surface area contributed by atoms with Crippen molar-refractivity contribution >= 4 is 5.69 Å². The van der Waals surface area contributed by atoms with Crippen LogP contribution in [0.5, 0.6) is 0 Å². The van der Waals surface area contributed by atoms with Gasteiger partial charge in [0.1, 0.15) is 0 Å². The molecule has 0 bridgehead atoms. The Morgan fingerprint density at radius 3 is 2.22 bits per heavy atom. The Kier molecular flexibility index (Phi) is 5.63. The number of hydrogen-bond donors (Lipinski definition) is 2. The van der Waals surface area contributed by atoms with Gasteiger partial charge in [-0.05, 0) is 44.0 Å². The van der Waals surface area contributed by atoms with E-state index in [1.807, 2.05) is 24.3 Å². The van der Waals surface area contributed by atoms with Gasteiger partial charge in [-0.25, -0.2) is 0 Å². The fourth-order valence-electron chi connectivity index (χ4n) is 2.14. The first-order valence-electron chi connectivity index (χ1n) is 6.64. The second kappa shape index (κ2) is 6.76. The standard InChI is InChI=1S/C15H26N2O/c1-11(2)9-12(3)17(4)10-15(18)13-5-7-14(16)8-6-13/h5-8,11-12,15,18H,9-10,16H2,1-4H3. The van der Waals surface area contributed by atoms with Gasteiger partial charge in [0.05, 0.1) is 6.10 Å². The Bertz CT molecular complexity index is 348. The average molecular weight is 250 g/mol. The van der Waals surface area contributed by atoms with Crippen LogP contribution >= 0.6 is 0 Å². The Morgan fingerprint density at radius 2 is 1.72 bits per heavy atom. The van der Waals surface area contributed by atoms with Crippen molar-refractivity contribution in [1.82, 2.24) is 4.90 Å². The lowest BCUT2D eigenvalue weighted by Gasteiger charge is -2.28. The van der Waals surface area contributed by atoms with E-state index in [4.69, 9.17) is 5.73 Å². The maximum absolute atomic E-state index is 10.2. The second-order valence-corrected chi connectivity index (χ2v) is 5.60. The van der Waals surface area contributed by atoms with Crippen LogP contribution in [0.3, 0.4) is 0 Å². The van der Waals surface area contributed by atoms with Crippen LogP contribution in [0.25, 0.3) is 0 Å². The third-order valence-electron chi connectivity index (χ3n) is 3.35. The second-order valence-electron chi connectivity index (χ2n) is 5.60. The highest BCUT2D eigenvalue weighted by molar-refractivity contribution is 5.39. The van der Waals surface area contributed by atoms with Crippen LogP contribution < -0.4 is 5.73 Å². The van der Waals surface area contributed by atoms with Crippen molar-refractivity contribution in [3.8, 4) is 0 Å². The molecule has 0 aliphatic heterocycles. The molecule has 0 fully saturated rings. The summed E-state index contributed by atoms with van der Waals surface area (Å²) in [5.41, 5.74) is 7.29. The van der Waals surface area contributed by atoms with Gasteiger partial charge in [0, 0.05) is 18.3 Å². The van der Waals surface area contributed by atoms with E-state index in [0.29, 0.717) is 18.5 Å². The van der Waals surface area contributed by atoms with E-state index in [1.165, 1.54) is 0 Å². The van der Waals surface area contributed by atoms with Gasteiger partial charge in [-0.3, -0.25) is 0 Å². The summed E-state index contributed by atoms with van der Waals surface area (Å²) >= 11 is 0. The van der Waals surface area contributed by atoms with E-state index in [-0.39, 0.29) is 0 Å². The maximum Gasteiger partial charge on any atom is 0.0916 e. The van der Waals surface area contributed by atoms with E-state index < -0.39 is 6.10 Å². The Labute approximate surface area is 111 Å². The van der Waals surface area contributed by atoms with Gasteiger partial charge in [-0.15, -0.1) is 0 Å². The van der Waals surface area contributed by atoms with Crippen LogP contribution in [0.2, 0.25) is 0 Å². The van der Waals surface area contributed by atoms with Crippen LogP contribution in [0.15, 0.2) is 24.3 Å². The Morgan fingerprint density at radius 1 is 1.17 bits per heavy atom. The number of nitrogen functional groups attached to an aromatic ring is 1. The van der Waals surface area contributed by atoms with E-state index in [0.717, 1.165) is 17.7 Å². The number of benzene rings is 1. The molecule has 3 N–H and O–H groups in total. The summed E-state index contributed by atoms with van der Waals surface area (Å²) in [6.45, 7) is 7.30. The van der Waals surface area contributed by atoms with Gasteiger partial charge in [-0.1, -0.05) is 26.0 Å². The number of aliphatic hydroxyl groups is 1. The first-order chi connectivity index (χ1) is 8.40. The maximum atomic E-state index is 10.2. The molecule has 1 aromatic carbocycles. The zero-order valence-electron chi connectivity index (χ0n) is 11.9. The summed E-state index contributed by atoms with van der Waals surface area (Å²) in [6.07, 6.45) is 0.690. The number of aliphatic hydroxyl groups excluding tert-OH is 1. The third kappa shape index (κ3) is 4.67. The van der Waals surface area contributed by atoms with E-state index in [9.17, 15) is 5.11 Å². The molecule has 0 heterocycles. The van der Waals surface area contributed by atoms with Gasteiger partial charge in [0.25, 0.3) is 0 Å². The molecule has 3 nitrogen and oxygen atoms in total. The van der Waals surface area contributed by atoms with Crippen LogP contribution in [0, 0.1) is 5.92 Å². The van der Waals surface area contributed by atoms with Gasteiger partial charge < -0.3 is 15.7 Å². The van der Waals surface area contributed by atoms with Gasteiger partial charge in [0.2, 0.25) is 0 Å². The SMILES string of the molecule is CC(C)CC(C)N(C)CC(O)c1ccc(N)cc1. The molecule has 0 amide bonds. The molecule has 102 valence electrons. The molecule has 0 spiro atoms. The third-order valence-corrected chi connectivity index (χ3v) is 3.35. The minimum atomic E-state index is -0.454. The summed E-state index contributed by atoms with van der Waals surface area (Å²) in [7, 11) is 2.06. The Hall–Kier alpha value is -1.06. The minimum absolute atomic E-state index is 0.454. The van der Waals surface area contributed by atoms with Crippen LogP contribution in [0.4, 0.5) is 5.69 Å². The Balaban J connectivity index is 2.53. The number of hydrogen-bond acceptors (Lipinski definition) is 3. The van der Waals surface area contributed by atoms with Gasteiger partial charge in [0.15, 0.2) is 0 Å².